The van der Waals surface area contributed by atoms with Gasteiger partial charge in [-0.2, -0.15) is 0 Å². The summed E-state index contributed by atoms with van der Waals surface area (Å²) in [5, 5.41) is 14.1. The van der Waals surface area contributed by atoms with E-state index in [2.05, 4.69) is 21.6 Å². The lowest BCUT2D eigenvalue weighted by Gasteiger charge is -2.30. The van der Waals surface area contributed by atoms with Gasteiger partial charge in [-0.05, 0) is 37.3 Å². The third kappa shape index (κ3) is 5.81. The van der Waals surface area contributed by atoms with Crippen LogP contribution in [-0.2, 0) is 11.3 Å². The fourth-order valence-electron chi connectivity index (χ4n) is 2.78. The lowest BCUT2D eigenvalue weighted by molar-refractivity contribution is -0.137. The van der Waals surface area contributed by atoms with E-state index in [9.17, 15) is 9.59 Å². The highest BCUT2D eigenvalue weighted by atomic mass is 16.4. The minimum Gasteiger partial charge on any atom is -0.481 e. The quantitative estimate of drug-likeness (QED) is 0.674. The van der Waals surface area contributed by atoms with Crippen molar-refractivity contribution in [3.63, 3.8) is 0 Å². The van der Waals surface area contributed by atoms with Crippen LogP contribution >= 0.6 is 0 Å². The van der Waals surface area contributed by atoms with Gasteiger partial charge in [0.2, 0.25) is 0 Å². The minimum atomic E-state index is -0.845. The number of benzene rings is 1. The summed E-state index contributed by atoms with van der Waals surface area (Å²) < 4.78 is 0. The number of aliphatic carboxylic acids is 1. The highest BCUT2D eigenvalue weighted by molar-refractivity contribution is 5.74. The Labute approximate surface area is 136 Å². The molecule has 1 aliphatic heterocycles. The molecule has 3 N–H and O–H groups in total. The van der Waals surface area contributed by atoms with Crippen LogP contribution in [0.25, 0.3) is 0 Å². The van der Waals surface area contributed by atoms with Crippen LogP contribution in [-0.4, -0.2) is 36.7 Å². The Morgan fingerprint density at radius 3 is 2.57 bits per heavy atom. The zero-order valence-corrected chi connectivity index (χ0v) is 13.4. The number of nitrogens with zero attached hydrogens (tertiary/aromatic N) is 1. The summed E-state index contributed by atoms with van der Waals surface area (Å²) in [5.74, 6) is -0.845. The molecule has 0 aliphatic carbocycles. The number of carbonyl (C=O) groups is 2. The normalized spacial score (nSPS) is 14.3. The highest BCUT2D eigenvalue weighted by Crippen LogP contribution is 2.23. The van der Waals surface area contributed by atoms with E-state index in [0.717, 1.165) is 18.7 Å². The SMILES string of the molecule is O=C(O)CCCNC(=O)NCc1ccccc1N1CCCCC1. The zero-order valence-electron chi connectivity index (χ0n) is 13.4. The molecule has 1 heterocycles. The smallest absolute Gasteiger partial charge is 0.315 e. The average Bonchev–Trinajstić information content (AvgIpc) is 2.58. The largest absolute Gasteiger partial charge is 0.481 e. The number of carboxylic acid groups (broad SMARTS) is 1. The summed E-state index contributed by atoms with van der Waals surface area (Å²) in [6.45, 7) is 2.97. The van der Waals surface area contributed by atoms with Crippen molar-refractivity contribution in [3.05, 3.63) is 29.8 Å². The summed E-state index contributed by atoms with van der Waals surface area (Å²) in [7, 11) is 0. The molecule has 0 bridgehead atoms. The maximum absolute atomic E-state index is 11.8. The first-order valence-electron chi connectivity index (χ1n) is 8.23. The van der Waals surface area contributed by atoms with Crippen molar-refractivity contribution in [1.29, 1.82) is 0 Å². The van der Waals surface area contributed by atoms with Gasteiger partial charge < -0.3 is 20.6 Å². The number of anilines is 1. The standard InChI is InChI=1S/C17H25N3O3/c21-16(22)9-6-10-18-17(23)19-13-14-7-2-3-8-15(14)20-11-4-1-5-12-20/h2-3,7-8H,1,4-6,9-13H2,(H,21,22)(H2,18,19,23). The van der Waals surface area contributed by atoms with Gasteiger partial charge in [0.15, 0.2) is 0 Å². The van der Waals surface area contributed by atoms with Gasteiger partial charge in [0.25, 0.3) is 0 Å². The average molecular weight is 319 g/mol. The van der Waals surface area contributed by atoms with Gasteiger partial charge in [0, 0.05) is 38.3 Å². The van der Waals surface area contributed by atoms with Gasteiger partial charge in [-0.15, -0.1) is 0 Å². The molecule has 0 aromatic heterocycles. The number of para-hydroxylation sites is 1. The molecule has 126 valence electrons. The van der Waals surface area contributed by atoms with Crippen LogP contribution in [0.3, 0.4) is 0 Å². The van der Waals surface area contributed by atoms with Crippen LogP contribution < -0.4 is 15.5 Å². The fourth-order valence-corrected chi connectivity index (χ4v) is 2.78. The van der Waals surface area contributed by atoms with Crippen LogP contribution in [0.5, 0.6) is 0 Å². The Hall–Kier alpha value is -2.24. The molecule has 0 unspecified atom stereocenters. The number of nitrogens with one attached hydrogen (secondary N) is 2. The molecular formula is C17H25N3O3. The molecule has 1 aromatic rings. The third-order valence-electron chi connectivity index (χ3n) is 3.98. The molecule has 1 aliphatic rings. The summed E-state index contributed by atoms with van der Waals surface area (Å²) in [6, 6.07) is 7.89. The number of amides is 2. The molecule has 0 saturated carbocycles. The van der Waals surface area contributed by atoms with E-state index >= 15 is 0 Å². The molecule has 1 fully saturated rings. The number of hydrogen-bond acceptors (Lipinski definition) is 3. The van der Waals surface area contributed by atoms with E-state index in [-0.39, 0.29) is 12.5 Å². The number of carbonyl (C=O) groups excluding carboxylic acids is 1. The van der Waals surface area contributed by atoms with Crippen molar-refractivity contribution >= 4 is 17.7 Å². The number of urea groups is 1. The van der Waals surface area contributed by atoms with Crippen LogP contribution in [0.4, 0.5) is 10.5 Å². The van der Waals surface area contributed by atoms with E-state index < -0.39 is 5.97 Å². The number of piperidine rings is 1. The monoisotopic (exact) mass is 319 g/mol. The van der Waals surface area contributed by atoms with E-state index in [1.54, 1.807) is 0 Å². The first-order chi connectivity index (χ1) is 11.2. The van der Waals surface area contributed by atoms with Crippen molar-refractivity contribution in [2.75, 3.05) is 24.5 Å². The van der Waals surface area contributed by atoms with Gasteiger partial charge >= 0.3 is 12.0 Å². The summed E-state index contributed by atoms with van der Waals surface area (Å²) in [6.07, 6.45) is 4.22. The predicted octanol–water partition coefficient (Wildman–Crippen LogP) is 2.34. The molecule has 1 aromatic carbocycles. The molecule has 0 atom stereocenters. The molecule has 2 rings (SSSR count). The fraction of sp³-hybridized carbons (Fsp3) is 0.529. The number of carboxylic acids is 1. The topological polar surface area (TPSA) is 81.7 Å². The maximum Gasteiger partial charge on any atom is 0.315 e. The second-order valence-corrected chi connectivity index (χ2v) is 5.78. The van der Waals surface area contributed by atoms with Crippen LogP contribution in [0.1, 0.15) is 37.7 Å². The molecule has 6 nitrogen and oxygen atoms in total. The van der Waals surface area contributed by atoms with Gasteiger partial charge in [-0.1, -0.05) is 18.2 Å². The van der Waals surface area contributed by atoms with E-state index in [4.69, 9.17) is 5.11 Å². The molecule has 2 amide bonds. The Morgan fingerprint density at radius 1 is 1.09 bits per heavy atom. The summed E-state index contributed by atoms with van der Waals surface area (Å²) in [5.41, 5.74) is 2.30. The predicted molar refractivity (Wildman–Crippen MR) is 89.6 cm³/mol. The second-order valence-electron chi connectivity index (χ2n) is 5.78. The molecule has 6 heteroatoms. The number of hydrogen-bond donors (Lipinski definition) is 3. The molecule has 0 spiro atoms. The number of rotatable bonds is 7. The lowest BCUT2D eigenvalue weighted by atomic mass is 10.1. The van der Waals surface area contributed by atoms with Crippen molar-refractivity contribution in [3.8, 4) is 0 Å². The molecule has 1 saturated heterocycles. The van der Waals surface area contributed by atoms with Crippen molar-refractivity contribution in [2.45, 2.75) is 38.6 Å². The second kappa shape index (κ2) is 9.02. The van der Waals surface area contributed by atoms with Crippen LogP contribution in [0.15, 0.2) is 24.3 Å². The van der Waals surface area contributed by atoms with Gasteiger partial charge in [-0.25, -0.2) is 4.79 Å². The first kappa shape index (κ1) is 17.1. The van der Waals surface area contributed by atoms with Crippen molar-refractivity contribution in [2.24, 2.45) is 0 Å². The van der Waals surface area contributed by atoms with Crippen LogP contribution in [0.2, 0.25) is 0 Å². The molecule has 0 radical (unpaired) electrons. The lowest BCUT2D eigenvalue weighted by Crippen LogP contribution is -2.36. The van der Waals surface area contributed by atoms with Crippen LogP contribution in [0, 0.1) is 0 Å². The van der Waals surface area contributed by atoms with Gasteiger partial charge in [-0.3, -0.25) is 4.79 Å². The van der Waals surface area contributed by atoms with Gasteiger partial charge in [0.1, 0.15) is 0 Å². The van der Waals surface area contributed by atoms with Crippen molar-refractivity contribution in [1.82, 2.24) is 10.6 Å². The zero-order chi connectivity index (χ0) is 16.5. The molecular weight excluding hydrogens is 294 g/mol. The highest BCUT2D eigenvalue weighted by Gasteiger charge is 2.14. The maximum atomic E-state index is 11.8. The van der Waals surface area contributed by atoms with Crippen molar-refractivity contribution < 1.29 is 14.7 Å². The minimum absolute atomic E-state index is 0.0675. The Morgan fingerprint density at radius 2 is 1.83 bits per heavy atom. The molecule has 23 heavy (non-hydrogen) atoms. The van der Waals surface area contributed by atoms with E-state index in [1.165, 1.54) is 24.9 Å². The Bertz CT molecular complexity index is 528. The van der Waals surface area contributed by atoms with E-state index in [0.29, 0.717) is 19.5 Å². The van der Waals surface area contributed by atoms with E-state index in [1.807, 2.05) is 18.2 Å². The third-order valence-corrected chi connectivity index (χ3v) is 3.98. The Balaban J connectivity index is 1.80. The first-order valence-corrected chi connectivity index (χ1v) is 8.23. The summed E-state index contributed by atoms with van der Waals surface area (Å²) >= 11 is 0. The van der Waals surface area contributed by atoms with Gasteiger partial charge in [0.05, 0.1) is 0 Å². The Kier molecular flexibility index (Phi) is 6.72. The summed E-state index contributed by atoms with van der Waals surface area (Å²) in [4.78, 5) is 24.6.